The minimum Gasteiger partial charge on any atom is -0.384 e. The number of nitrogens with two attached hydrogens (primary N) is 1. The van der Waals surface area contributed by atoms with Crippen LogP contribution < -0.4 is 10.5 Å². The van der Waals surface area contributed by atoms with Crippen molar-refractivity contribution in [3.8, 4) is 0 Å². The molecule has 0 aromatic heterocycles. The monoisotopic (exact) mass is 282 g/mol. The average Bonchev–Trinajstić information content (AvgIpc) is 2.85. The van der Waals surface area contributed by atoms with Gasteiger partial charge in [0, 0.05) is 12.2 Å². The zero-order chi connectivity index (χ0) is 13.9. The molecule has 0 bridgehead atoms. The van der Waals surface area contributed by atoms with E-state index in [4.69, 9.17) is 5.14 Å². The van der Waals surface area contributed by atoms with Crippen molar-refractivity contribution in [2.75, 3.05) is 11.9 Å². The molecule has 106 valence electrons. The van der Waals surface area contributed by atoms with Gasteiger partial charge in [0.15, 0.2) is 0 Å². The Bertz CT molecular complexity index is 517. The van der Waals surface area contributed by atoms with Gasteiger partial charge in [-0.15, -0.1) is 0 Å². The smallest absolute Gasteiger partial charge is 0.238 e. The first-order valence-corrected chi connectivity index (χ1v) is 8.37. The molecule has 1 saturated carbocycles. The molecule has 5 heteroatoms. The largest absolute Gasteiger partial charge is 0.384 e. The van der Waals surface area contributed by atoms with E-state index in [1.807, 2.05) is 0 Å². The van der Waals surface area contributed by atoms with Gasteiger partial charge in [0.1, 0.15) is 0 Å². The second-order valence-corrected chi connectivity index (χ2v) is 7.05. The van der Waals surface area contributed by atoms with Crippen LogP contribution in [0.1, 0.15) is 39.0 Å². The van der Waals surface area contributed by atoms with Crippen LogP contribution in [0, 0.1) is 5.41 Å². The average molecular weight is 282 g/mol. The number of rotatable bonds is 5. The maximum Gasteiger partial charge on any atom is 0.238 e. The van der Waals surface area contributed by atoms with E-state index in [1.54, 1.807) is 24.3 Å². The lowest BCUT2D eigenvalue weighted by atomic mass is 9.83. The van der Waals surface area contributed by atoms with Gasteiger partial charge in [0.25, 0.3) is 0 Å². The summed E-state index contributed by atoms with van der Waals surface area (Å²) >= 11 is 0. The highest BCUT2D eigenvalue weighted by Gasteiger charge is 2.31. The Morgan fingerprint density at radius 3 is 2.26 bits per heavy atom. The number of hydrogen-bond acceptors (Lipinski definition) is 3. The summed E-state index contributed by atoms with van der Waals surface area (Å²) in [6.07, 6.45) is 6.40. The van der Waals surface area contributed by atoms with Crippen LogP contribution >= 0.6 is 0 Å². The Morgan fingerprint density at radius 2 is 1.79 bits per heavy atom. The fourth-order valence-electron chi connectivity index (χ4n) is 2.83. The highest BCUT2D eigenvalue weighted by molar-refractivity contribution is 7.89. The van der Waals surface area contributed by atoms with Gasteiger partial charge in [0.2, 0.25) is 10.0 Å². The first-order valence-electron chi connectivity index (χ1n) is 6.82. The molecule has 1 aliphatic rings. The molecule has 0 amide bonds. The lowest BCUT2D eigenvalue weighted by Crippen LogP contribution is -2.25. The normalized spacial score (nSPS) is 18.4. The second-order valence-electron chi connectivity index (χ2n) is 5.48. The van der Waals surface area contributed by atoms with E-state index in [9.17, 15) is 8.42 Å². The predicted molar refractivity (Wildman–Crippen MR) is 77.5 cm³/mol. The first-order chi connectivity index (χ1) is 8.95. The van der Waals surface area contributed by atoms with Crippen molar-refractivity contribution in [2.24, 2.45) is 10.6 Å². The molecule has 0 unspecified atom stereocenters. The van der Waals surface area contributed by atoms with Crippen LogP contribution in [0.25, 0.3) is 0 Å². The zero-order valence-electron chi connectivity index (χ0n) is 11.4. The van der Waals surface area contributed by atoms with Crippen molar-refractivity contribution in [3.63, 3.8) is 0 Å². The minimum absolute atomic E-state index is 0.157. The van der Waals surface area contributed by atoms with Crippen molar-refractivity contribution >= 4 is 15.7 Å². The van der Waals surface area contributed by atoms with Gasteiger partial charge in [-0.3, -0.25) is 0 Å². The highest BCUT2D eigenvalue weighted by atomic mass is 32.2. The fraction of sp³-hybridized carbons (Fsp3) is 0.571. The van der Waals surface area contributed by atoms with Gasteiger partial charge in [-0.2, -0.15) is 0 Å². The van der Waals surface area contributed by atoms with Gasteiger partial charge in [-0.25, -0.2) is 13.6 Å². The van der Waals surface area contributed by atoms with E-state index >= 15 is 0 Å². The van der Waals surface area contributed by atoms with E-state index in [0.29, 0.717) is 5.41 Å². The van der Waals surface area contributed by atoms with Crippen molar-refractivity contribution in [3.05, 3.63) is 24.3 Å². The molecule has 3 N–H and O–H groups in total. The Morgan fingerprint density at radius 1 is 1.21 bits per heavy atom. The quantitative estimate of drug-likeness (QED) is 0.872. The van der Waals surface area contributed by atoms with Crippen molar-refractivity contribution in [1.82, 2.24) is 0 Å². The Labute approximate surface area is 115 Å². The highest BCUT2D eigenvalue weighted by Crippen LogP contribution is 2.40. The summed E-state index contributed by atoms with van der Waals surface area (Å²) in [5.41, 5.74) is 1.37. The lowest BCUT2D eigenvalue weighted by molar-refractivity contribution is 0.307. The molecular formula is C14H22N2O2S. The van der Waals surface area contributed by atoms with E-state index in [0.717, 1.165) is 12.2 Å². The third-order valence-corrected chi connectivity index (χ3v) is 5.19. The summed E-state index contributed by atoms with van der Waals surface area (Å²) in [5.74, 6) is 0. The Kier molecular flexibility index (Phi) is 4.16. The number of sulfonamides is 1. The molecule has 1 aliphatic carbocycles. The van der Waals surface area contributed by atoms with Crippen LogP contribution in [0.15, 0.2) is 29.2 Å². The predicted octanol–water partition coefficient (Wildman–Crippen LogP) is 2.72. The number of nitrogens with one attached hydrogen (secondary N) is 1. The maximum atomic E-state index is 11.2. The molecule has 0 saturated heterocycles. The molecule has 0 spiro atoms. The van der Waals surface area contributed by atoms with Crippen LogP contribution in [-0.2, 0) is 10.0 Å². The number of primary sulfonamides is 1. The maximum absolute atomic E-state index is 11.2. The molecule has 19 heavy (non-hydrogen) atoms. The molecule has 2 rings (SSSR count). The zero-order valence-corrected chi connectivity index (χ0v) is 12.2. The molecule has 0 atom stereocenters. The Balaban J connectivity index is 2.00. The second kappa shape index (κ2) is 5.51. The molecule has 4 nitrogen and oxygen atoms in total. The molecule has 0 aliphatic heterocycles. The van der Waals surface area contributed by atoms with Gasteiger partial charge in [0.05, 0.1) is 4.90 Å². The van der Waals surface area contributed by atoms with E-state index in [-0.39, 0.29) is 4.90 Å². The van der Waals surface area contributed by atoms with Crippen LogP contribution in [0.5, 0.6) is 0 Å². The third-order valence-electron chi connectivity index (χ3n) is 4.26. The minimum atomic E-state index is -3.59. The van der Waals surface area contributed by atoms with Crippen LogP contribution in [-0.4, -0.2) is 15.0 Å². The summed E-state index contributed by atoms with van der Waals surface area (Å²) in [6.45, 7) is 3.20. The molecule has 0 radical (unpaired) electrons. The van der Waals surface area contributed by atoms with E-state index < -0.39 is 10.0 Å². The summed E-state index contributed by atoms with van der Waals surface area (Å²) in [6, 6.07) is 6.64. The van der Waals surface area contributed by atoms with Gasteiger partial charge >= 0.3 is 0 Å². The third kappa shape index (κ3) is 3.48. The van der Waals surface area contributed by atoms with Gasteiger partial charge < -0.3 is 5.32 Å². The number of anilines is 1. The summed E-state index contributed by atoms with van der Waals surface area (Å²) in [5, 5.41) is 8.50. The molecular weight excluding hydrogens is 260 g/mol. The fourth-order valence-corrected chi connectivity index (χ4v) is 3.35. The van der Waals surface area contributed by atoms with Crippen molar-refractivity contribution < 1.29 is 8.42 Å². The lowest BCUT2D eigenvalue weighted by Gasteiger charge is -2.28. The summed E-state index contributed by atoms with van der Waals surface area (Å²) < 4.78 is 22.3. The van der Waals surface area contributed by atoms with Gasteiger partial charge in [-0.1, -0.05) is 19.8 Å². The summed E-state index contributed by atoms with van der Waals surface area (Å²) in [4.78, 5) is 0.157. The number of benzene rings is 1. The van der Waals surface area contributed by atoms with Crippen LogP contribution in [0.4, 0.5) is 5.69 Å². The van der Waals surface area contributed by atoms with Gasteiger partial charge in [-0.05, 0) is 48.9 Å². The van der Waals surface area contributed by atoms with Crippen molar-refractivity contribution in [1.29, 1.82) is 0 Å². The van der Waals surface area contributed by atoms with E-state index in [1.165, 1.54) is 32.1 Å². The van der Waals surface area contributed by atoms with Crippen LogP contribution in [0.3, 0.4) is 0 Å². The first kappa shape index (κ1) is 14.3. The standard InChI is InChI=1S/C14H22N2O2S/c1-2-14(9-3-4-10-14)11-16-12-5-7-13(8-6-12)19(15,17)18/h5-8,16H,2-4,9-11H2,1H3,(H2,15,17,18). The topological polar surface area (TPSA) is 72.2 Å². The molecule has 1 aromatic carbocycles. The summed E-state index contributed by atoms with van der Waals surface area (Å²) in [7, 11) is -3.59. The van der Waals surface area contributed by atoms with Crippen molar-refractivity contribution in [2.45, 2.75) is 43.9 Å². The van der Waals surface area contributed by atoms with E-state index in [2.05, 4.69) is 12.2 Å². The molecule has 0 heterocycles. The molecule has 1 fully saturated rings. The number of hydrogen-bond donors (Lipinski definition) is 2. The Hall–Kier alpha value is -1.07. The van der Waals surface area contributed by atoms with Crippen LogP contribution in [0.2, 0.25) is 0 Å². The SMILES string of the molecule is CCC1(CNc2ccc(S(N)(=O)=O)cc2)CCCC1. The molecule has 1 aromatic rings.